The fourth-order valence-corrected chi connectivity index (χ4v) is 3.27. The molecule has 1 aromatic carbocycles. The van der Waals surface area contributed by atoms with E-state index in [1.54, 1.807) is 6.92 Å². The van der Waals surface area contributed by atoms with Crippen LogP contribution in [0.3, 0.4) is 0 Å². The monoisotopic (exact) mass is 294 g/mol. The van der Waals surface area contributed by atoms with Crippen molar-refractivity contribution in [2.75, 3.05) is 31.6 Å². The van der Waals surface area contributed by atoms with E-state index in [-0.39, 0.29) is 5.78 Å². The van der Waals surface area contributed by atoms with Crippen LogP contribution < -0.4 is 4.90 Å². The second-order valence-corrected chi connectivity index (χ2v) is 5.93. The van der Waals surface area contributed by atoms with E-state index in [1.807, 2.05) is 18.2 Å². The van der Waals surface area contributed by atoms with Crippen molar-refractivity contribution in [3.63, 3.8) is 0 Å². The van der Waals surface area contributed by atoms with Gasteiger partial charge in [0.15, 0.2) is 5.78 Å². The number of nitrogens with zero attached hydrogens (tertiary/aromatic N) is 2. The molecule has 1 aliphatic rings. The number of Topliss-reactive ketones (excluding diaryl/α,β-unsaturated/α-hetero) is 1. The second-order valence-electron chi connectivity index (χ2n) is 5.53. The first-order valence-corrected chi connectivity index (χ1v) is 7.66. The minimum Gasteiger partial charge on any atom is -0.373 e. The van der Waals surface area contributed by atoms with Gasteiger partial charge in [-0.15, -0.1) is 0 Å². The molecule has 1 unspecified atom stereocenters. The average Bonchev–Trinajstić information content (AvgIpc) is 2.85. The summed E-state index contributed by atoms with van der Waals surface area (Å²) in [5.74, 6) is 0.0113. The van der Waals surface area contributed by atoms with E-state index >= 15 is 0 Å². The van der Waals surface area contributed by atoms with Gasteiger partial charge in [0.1, 0.15) is 0 Å². The molecule has 0 amide bonds. The van der Waals surface area contributed by atoms with Crippen LogP contribution in [0.4, 0.5) is 5.69 Å². The van der Waals surface area contributed by atoms with Gasteiger partial charge in [0.2, 0.25) is 0 Å². The topological polar surface area (TPSA) is 23.6 Å². The van der Waals surface area contributed by atoms with Crippen LogP contribution in [0.1, 0.15) is 37.0 Å². The Morgan fingerprint density at radius 1 is 1.50 bits per heavy atom. The van der Waals surface area contributed by atoms with Crippen LogP contribution in [0, 0.1) is 0 Å². The maximum Gasteiger partial charge on any atom is 0.161 e. The Morgan fingerprint density at radius 2 is 2.25 bits per heavy atom. The summed E-state index contributed by atoms with van der Waals surface area (Å²) >= 11 is 6.18. The smallest absolute Gasteiger partial charge is 0.161 e. The Morgan fingerprint density at radius 3 is 2.85 bits per heavy atom. The molecule has 0 spiro atoms. The maximum atomic E-state index is 11.4. The molecule has 0 N–H and O–H groups in total. The van der Waals surface area contributed by atoms with Crippen molar-refractivity contribution in [1.29, 1.82) is 0 Å². The van der Waals surface area contributed by atoms with Gasteiger partial charge in [-0.3, -0.25) is 9.69 Å². The number of carbonyl (C=O) groups excluding carboxylic acids is 1. The molecule has 20 heavy (non-hydrogen) atoms. The molecule has 0 aromatic heterocycles. The minimum atomic E-state index is 0.0113. The molecule has 1 fully saturated rings. The lowest BCUT2D eigenvalue weighted by molar-refractivity contribution is 0.101. The van der Waals surface area contributed by atoms with E-state index in [1.165, 1.54) is 19.4 Å². The molecule has 1 aromatic rings. The highest BCUT2D eigenvalue weighted by Gasteiger charge is 2.24. The summed E-state index contributed by atoms with van der Waals surface area (Å²) in [6, 6.07) is 6.32. The molecule has 0 radical (unpaired) electrons. The first-order chi connectivity index (χ1) is 9.52. The SMILES string of the molecule is CCN1CCCC1CN(C)c1ccc(C(C)=O)c(Cl)c1. The molecule has 1 atom stereocenters. The molecule has 2 rings (SSSR count). The average molecular weight is 295 g/mol. The van der Waals surface area contributed by atoms with Crippen molar-refractivity contribution >= 4 is 23.1 Å². The molecule has 0 aliphatic carbocycles. The van der Waals surface area contributed by atoms with Gasteiger partial charge in [-0.1, -0.05) is 18.5 Å². The van der Waals surface area contributed by atoms with Gasteiger partial charge in [0.05, 0.1) is 5.02 Å². The van der Waals surface area contributed by atoms with E-state index < -0.39 is 0 Å². The molecule has 1 saturated heterocycles. The van der Waals surface area contributed by atoms with Crippen LogP contribution in [0.5, 0.6) is 0 Å². The van der Waals surface area contributed by atoms with Gasteiger partial charge < -0.3 is 4.90 Å². The summed E-state index contributed by atoms with van der Waals surface area (Å²) in [6.45, 7) is 7.09. The highest BCUT2D eigenvalue weighted by Crippen LogP contribution is 2.25. The highest BCUT2D eigenvalue weighted by molar-refractivity contribution is 6.34. The molecule has 3 nitrogen and oxygen atoms in total. The van der Waals surface area contributed by atoms with Crippen LogP contribution in [0.2, 0.25) is 5.02 Å². The van der Waals surface area contributed by atoms with Crippen molar-refractivity contribution in [1.82, 2.24) is 4.90 Å². The Balaban J connectivity index is 2.07. The lowest BCUT2D eigenvalue weighted by Crippen LogP contribution is -2.38. The largest absolute Gasteiger partial charge is 0.373 e. The van der Waals surface area contributed by atoms with E-state index in [4.69, 9.17) is 11.6 Å². The highest BCUT2D eigenvalue weighted by atomic mass is 35.5. The van der Waals surface area contributed by atoms with Crippen LogP contribution in [-0.4, -0.2) is 43.4 Å². The van der Waals surface area contributed by atoms with Crippen molar-refractivity contribution in [2.24, 2.45) is 0 Å². The quantitative estimate of drug-likeness (QED) is 0.777. The number of benzene rings is 1. The van der Waals surface area contributed by atoms with Gasteiger partial charge in [0, 0.05) is 30.9 Å². The predicted octanol–water partition coefficient (Wildman–Crippen LogP) is 3.46. The van der Waals surface area contributed by atoms with Crippen LogP contribution in [0.25, 0.3) is 0 Å². The molecule has 110 valence electrons. The molecule has 1 heterocycles. The van der Waals surface area contributed by atoms with Gasteiger partial charge in [0.25, 0.3) is 0 Å². The maximum absolute atomic E-state index is 11.4. The van der Waals surface area contributed by atoms with Crippen LogP contribution in [0.15, 0.2) is 18.2 Å². The van der Waals surface area contributed by atoms with Crippen molar-refractivity contribution in [3.8, 4) is 0 Å². The van der Waals surface area contributed by atoms with E-state index in [0.717, 1.165) is 18.8 Å². The first-order valence-electron chi connectivity index (χ1n) is 7.28. The number of likely N-dealkylation sites (N-methyl/N-ethyl adjacent to an activating group) is 2. The molecular weight excluding hydrogens is 272 g/mol. The third-order valence-electron chi connectivity index (χ3n) is 4.16. The summed E-state index contributed by atoms with van der Waals surface area (Å²) in [4.78, 5) is 16.2. The number of carbonyl (C=O) groups is 1. The Hall–Kier alpha value is -1.06. The Kier molecular flexibility index (Phi) is 5.06. The van der Waals surface area contributed by atoms with Crippen LogP contribution in [-0.2, 0) is 0 Å². The summed E-state index contributed by atoms with van der Waals surface area (Å²) in [5, 5.41) is 0.542. The second kappa shape index (κ2) is 6.59. The van der Waals surface area contributed by atoms with E-state index in [2.05, 4.69) is 23.8 Å². The number of hydrogen-bond acceptors (Lipinski definition) is 3. The van der Waals surface area contributed by atoms with Gasteiger partial charge in [-0.2, -0.15) is 0 Å². The number of anilines is 1. The number of halogens is 1. The fourth-order valence-electron chi connectivity index (χ4n) is 2.97. The number of ketones is 1. The zero-order valence-electron chi connectivity index (χ0n) is 12.5. The number of hydrogen-bond donors (Lipinski definition) is 0. The van der Waals surface area contributed by atoms with Gasteiger partial charge >= 0.3 is 0 Å². The fraction of sp³-hybridized carbons (Fsp3) is 0.562. The van der Waals surface area contributed by atoms with E-state index in [0.29, 0.717) is 16.6 Å². The minimum absolute atomic E-state index is 0.0113. The Bertz CT molecular complexity index is 489. The summed E-state index contributed by atoms with van der Waals surface area (Å²) < 4.78 is 0. The first kappa shape index (κ1) is 15.3. The van der Waals surface area contributed by atoms with Gasteiger partial charge in [-0.25, -0.2) is 0 Å². The van der Waals surface area contributed by atoms with Crippen LogP contribution >= 0.6 is 11.6 Å². The third kappa shape index (κ3) is 3.33. The molecule has 1 aliphatic heterocycles. The summed E-state index contributed by atoms with van der Waals surface area (Å²) in [6.07, 6.45) is 2.55. The lowest BCUT2D eigenvalue weighted by atomic mass is 10.1. The predicted molar refractivity (Wildman–Crippen MR) is 85.0 cm³/mol. The molecule has 4 heteroatoms. The summed E-state index contributed by atoms with van der Waals surface area (Å²) in [7, 11) is 2.09. The number of likely N-dealkylation sites (tertiary alicyclic amines) is 1. The van der Waals surface area contributed by atoms with Crippen molar-refractivity contribution in [2.45, 2.75) is 32.7 Å². The van der Waals surface area contributed by atoms with E-state index in [9.17, 15) is 4.79 Å². The molecule has 0 bridgehead atoms. The van der Waals surface area contributed by atoms with Gasteiger partial charge in [-0.05, 0) is 51.1 Å². The normalized spacial score (nSPS) is 19.3. The standard InChI is InChI=1S/C16H23ClN2O/c1-4-19-9-5-6-14(19)11-18(3)13-7-8-15(12(2)20)16(17)10-13/h7-8,10,14H,4-6,9,11H2,1-3H3. The summed E-state index contributed by atoms with van der Waals surface area (Å²) in [5.41, 5.74) is 1.67. The van der Waals surface area contributed by atoms with Crippen molar-refractivity contribution < 1.29 is 4.79 Å². The molecular formula is C16H23ClN2O. The third-order valence-corrected chi connectivity index (χ3v) is 4.48. The lowest BCUT2D eigenvalue weighted by Gasteiger charge is -2.29. The Labute approximate surface area is 126 Å². The van der Waals surface area contributed by atoms with Crippen molar-refractivity contribution in [3.05, 3.63) is 28.8 Å². The molecule has 0 saturated carbocycles. The zero-order valence-corrected chi connectivity index (χ0v) is 13.3. The zero-order chi connectivity index (χ0) is 14.7. The number of rotatable bonds is 5.